The highest BCUT2D eigenvalue weighted by atomic mass is 35.5. The minimum absolute atomic E-state index is 0.139. The van der Waals surface area contributed by atoms with E-state index in [0.29, 0.717) is 48.0 Å². The molecule has 1 aliphatic rings. The first-order valence-electron chi connectivity index (χ1n) is 9.23. The van der Waals surface area contributed by atoms with Crippen LogP contribution in [0.25, 0.3) is 22.2 Å². The van der Waals surface area contributed by atoms with Gasteiger partial charge in [0.1, 0.15) is 0 Å². The monoisotopic (exact) mass is 410 g/mol. The SMILES string of the molecule is Cc1cc(-c2cc(Cl)c3ccc(C(=O)N4CCN(C(=O)O)CC4)cc3n2)ccn1. The largest absolute Gasteiger partial charge is 0.465 e. The summed E-state index contributed by atoms with van der Waals surface area (Å²) in [5.41, 5.74) is 3.64. The summed E-state index contributed by atoms with van der Waals surface area (Å²) < 4.78 is 0. The number of aromatic nitrogens is 2. The van der Waals surface area contributed by atoms with E-state index in [4.69, 9.17) is 21.7 Å². The van der Waals surface area contributed by atoms with E-state index in [1.807, 2.05) is 25.1 Å². The van der Waals surface area contributed by atoms with Gasteiger partial charge in [-0.2, -0.15) is 0 Å². The molecule has 2 amide bonds. The van der Waals surface area contributed by atoms with Gasteiger partial charge in [0.25, 0.3) is 5.91 Å². The average Bonchev–Trinajstić information content (AvgIpc) is 2.73. The van der Waals surface area contributed by atoms with E-state index in [1.165, 1.54) is 4.90 Å². The van der Waals surface area contributed by atoms with Crippen molar-refractivity contribution in [2.75, 3.05) is 26.2 Å². The molecule has 0 unspecified atom stereocenters. The number of benzene rings is 1. The van der Waals surface area contributed by atoms with Gasteiger partial charge in [0, 0.05) is 54.6 Å². The highest BCUT2D eigenvalue weighted by molar-refractivity contribution is 6.35. The van der Waals surface area contributed by atoms with Gasteiger partial charge in [-0.1, -0.05) is 17.7 Å². The molecule has 0 atom stereocenters. The Hall–Kier alpha value is -3.19. The van der Waals surface area contributed by atoms with Crippen molar-refractivity contribution < 1.29 is 14.7 Å². The maximum absolute atomic E-state index is 12.9. The van der Waals surface area contributed by atoms with Gasteiger partial charge in [0.05, 0.1) is 16.2 Å². The number of carbonyl (C=O) groups excluding carboxylic acids is 1. The number of pyridine rings is 2. The number of halogens is 1. The number of aryl methyl sites for hydroxylation is 1. The number of carboxylic acid groups (broad SMARTS) is 1. The summed E-state index contributed by atoms with van der Waals surface area (Å²) in [4.78, 5) is 35.8. The van der Waals surface area contributed by atoms with Gasteiger partial charge in [0.2, 0.25) is 0 Å². The molecule has 148 valence electrons. The van der Waals surface area contributed by atoms with Gasteiger partial charge in [-0.15, -0.1) is 0 Å². The van der Waals surface area contributed by atoms with E-state index < -0.39 is 6.09 Å². The smallest absolute Gasteiger partial charge is 0.407 e. The third-order valence-electron chi connectivity index (χ3n) is 5.04. The Morgan fingerprint density at radius 1 is 1.03 bits per heavy atom. The normalized spacial score (nSPS) is 14.3. The third kappa shape index (κ3) is 3.86. The van der Waals surface area contributed by atoms with Crippen molar-refractivity contribution >= 4 is 34.5 Å². The van der Waals surface area contributed by atoms with Crippen molar-refractivity contribution in [1.82, 2.24) is 19.8 Å². The van der Waals surface area contributed by atoms with Crippen LogP contribution in [-0.4, -0.2) is 63.1 Å². The number of piperazine rings is 1. The Morgan fingerprint density at radius 2 is 1.76 bits per heavy atom. The molecule has 3 aromatic rings. The second kappa shape index (κ2) is 7.67. The van der Waals surface area contributed by atoms with E-state index in [0.717, 1.165) is 16.6 Å². The number of hydrogen-bond acceptors (Lipinski definition) is 4. The molecular formula is C21H19ClN4O3. The number of hydrogen-bond donors (Lipinski definition) is 1. The first-order chi connectivity index (χ1) is 13.9. The molecule has 0 saturated carbocycles. The standard InChI is InChI=1S/C21H19ClN4O3/c1-13-10-14(4-5-23-13)18-12-17(22)16-3-2-15(11-19(16)24-18)20(27)25-6-8-26(9-7-25)21(28)29/h2-5,10-12H,6-9H2,1H3,(H,28,29). The number of carbonyl (C=O) groups is 2. The van der Waals surface area contributed by atoms with E-state index in [1.54, 1.807) is 29.3 Å². The fourth-order valence-corrected chi connectivity index (χ4v) is 3.72. The zero-order valence-corrected chi connectivity index (χ0v) is 16.6. The lowest BCUT2D eigenvalue weighted by Gasteiger charge is -2.33. The van der Waals surface area contributed by atoms with Crippen LogP contribution in [0.4, 0.5) is 4.79 Å². The minimum atomic E-state index is -0.958. The maximum Gasteiger partial charge on any atom is 0.407 e. The predicted molar refractivity (Wildman–Crippen MR) is 110 cm³/mol. The summed E-state index contributed by atoms with van der Waals surface area (Å²) in [6.45, 7) is 3.27. The second-order valence-electron chi connectivity index (χ2n) is 6.97. The van der Waals surface area contributed by atoms with Crippen molar-refractivity contribution in [2.24, 2.45) is 0 Å². The van der Waals surface area contributed by atoms with Crippen LogP contribution in [-0.2, 0) is 0 Å². The van der Waals surface area contributed by atoms with Crippen LogP contribution < -0.4 is 0 Å². The van der Waals surface area contributed by atoms with E-state index in [2.05, 4.69) is 4.98 Å². The minimum Gasteiger partial charge on any atom is -0.465 e. The van der Waals surface area contributed by atoms with Gasteiger partial charge in [0.15, 0.2) is 0 Å². The molecule has 3 heterocycles. The molecule has 0 radical (unpaired) electrons. The van der Waals surface area contributed by atoms with Gasteiger partial charge in [-0.25, -0.2) is 9.78 Å². The Labute approximate surface area is 172 Å². The van der Waals surface area contributed by atoms with Gasteiger partial charge in [-0.3, -0.25) is 9.78 Å². The van der Waals surface area contributed by atoms with Crippen molar-refractivity contribution in [3.05, 3.63) is 58.9 Å². The highest BCUT2D eigenvalue weighted by Gasteiger charge is 2.24. The van der Waals surface area contributed by atoms with Crippen LogP contribution >= 0.6 is 11.6 Å². The van der Waals surface area contributed by atoms with Crippen molar-refractivity contribution in [3.8, 4) is 11.3 Å². The Kier molecular flexibility index (Phi) is 5.07. The molecule has 1 saturated heterocycles. The third-order valence-corrected chi connectivity index (χ3v) is 5.35. The molecule has 1 aliphatic heterocycles. The predicted octanol–water partition coefficient (Wildman–Crippen LogP) is 3.69. The molecule has 1 fully saturated rings. The zero-order valence-electron chi connectivity index (χ0n) is 15.8. The van der Waals surface area contributed by atoms with E-state index in [-0.39, 0.29) is 5.91 Å². The zero-order chi connectivity index (χ0) is 20.5. The topological polar surface area (TPSA) is 86.6 Å². The average molecular weight is 411 g/mol. The van der Waals surface area contributed by atoms with Crippen LogP contribution in [0.3, 0.4) is 0 Å². The molecule has 7 nitrogen and oxygen atoms in total. The quantitative estimate of drug-likeness (QED) is 0.696. The Balaban J connectivity index is 1.65. The molecule has 8 heteroatoms. The number of fused-ring (bicyclic) bond motifs is 1. The fraction of sp³-hybridized carbons (Fsp3) is 0.238. The van der Waals surface area contributed by atoms with Crippen LogP contribution in [0.1, 0.15) is 16.1 Å². The second-order valence-corrected chi connectivity index (χ2v) is 7.38. The van der Waals surface area contributed by atoms with Crippen LogP contribution in [0.5, 0.6) is 0 Å². The molecule has 1 N–H and O–H groups in total. The lowest BCUT2D eigenvalue weighted by atomic mass is 10.1. The van der Waals surface area contributed by atoms with Crippen LogP contribution in [0.2, 0.25) is 5.02 Å². The molecule has 0 bridgehead atoms. The summed E-state index contributed by atoms with van der Waals surface area (Å²) in [5, 5.41) is 10.4. The van der Waals surface area contributed by atoms with E-state index >= 15 is 0 Å². The van der Waals surface area contributed by atoms with Crippen molar-refractivity contribution in [2.45, 2.75) is 6.92 Å². The maximum atomic E-state index is 12.9. The summed E-state index contributed by atoms with van der Waals surface area (Å²) in [6.07, 6.45) is 0.766. The number of nitrogens with zero attached hydrogens (tertiary/aromatic N) is 4. The Morgan fingerprint density at radius 3 is 2.45 bits per heavy atom. The highest BCUT2D eigenvalue weighted by Crippen LogP contribution is 2.29. The lowest BCUT2D eigenvalue weighted by Crippen LogP contribution is -2.50. The molecule has 2 aromatic heterocycles. The van der Waals surface area contributed by atoms with Crippen molar-refractivity contribution in [1.29, 1.82) is 0 Å². The molecule has 1 aromatic carbocycles. The van der Waals surface area contributed by atoms with Crippen LogP contribution in [0.15, 0.2) is 42.6 Å². The first kappa shape index (κ1) is 19.1. The number of rotatable bonds is 2. The van der Waals surface area contributed by atoms with Gasteiger partial charge < -0.3 is 14.9 Å². The molecule has 0 aliphatic carbocycles. The Bertz CT molecular complexity index is 1110. The lowest BCUT2D eigenvalue weighted by molar-refractivity contribution is 0.0625. The fourth-order valence-electron chi connectivity index (χ4n) is 3.46. The summed E-state index contributed by atoms with van der Waals surface area (Å²) >= 11 is 6.47. The van der Waals surface area contributed by atoms with Gasteiger partial charge >= 0.3 is 6.09 Å². The summed E-state index contributed by atoms with van der Waals surface area (Å²) in [6, 6.07) is 10.9. The van der Waals surface area contributed by atoms with Crippen molar-refractivity contribution in [3.63, 3.8) is 0 Å². The summed E-state index contributed by atoms with van der Waals surface area (Å²) in [7, 11) is 0. The molecular weight excluding hydrogens is 392 g/mol. The van der Waals surface area contributed by atoms with Gasteiger partial charge in [-0.05, 0) is 37.3 Å². The molecule has 4 rings (SSSR count). The first-order valence-corrected chi connectivity index (χ1v) is 9.60. The molecule has 29 heavy (non-hydrogen) atoms. The van der Waals surface area contributed by atoms with Crippen LogP contribution in [0, 0.1) is 6.92 Å². The summed E-state index contributed by atoms with van der Waals surface area (Å²) in [5.74, 6) is -0.139. The number of amides is 2. The van der Waals surface area contributed by atoms with E-state index in [9.17, 15) is 9.59 Å². The molecule has 0 spiro atoms.